The van der Waals surface area contributed by atoms with Crippen molar-refractivity contribution in [2.24, 2.45) is 0 Å². The first-order chi connectivity index (χ1) is 10.2. The van der Waals surface area contributed by atoms with Crippen molar-refractivity contribution in [3.05, 3.63) is 52.0 Å². The summed E-state index contributed by atoms with van der Waals surface area (Å²) in [6.45, 7) is 0. The quantitative estimate of drug-likeness (QED) is 0.828. The molecule has 1 N–H and O–H groups in total. The van der Waals surface area contributed by atoms with Crippen molar-refractivity contribution in [3.8, 4) is 5.75 Å². The van der Waals surface area contributed by atoms with Gasteiger partial charge in [-0.2, -0.15) is 0 Å². The van der Waals surface area contributed by atoms with Gasteiger partial charge >= 0.3 is 0 Å². The van der Waals surface area contributed by atoms with Crippen LogP contribution in [0.4, 0.5) is 14.5 Å². The lowest BCUT2D eigenvalue weighted by Crippen LogP contribution is -2.13. The Morgan fingerprint density at radius 1 is 1.09 bits per heavy atom. The van der Waals surface area contributed by atoms with Crippen molar-refractivity contribution >= 4 is 38.9 Å². The third kappa shape index (κ3) is 3.43. The van der Waals surface area contributed by atoms with Gasteiger partial charge in [-0.15, -0.1) is 0 Å². The van der Waals surface area contributed by atoms with E-state index >= 15 is 0 Å². The second-order valence-corrected chi connectivity index (χ2v) is 6.65. The minimum absolute atomic E-state index is 0.0316. The molecule has 0 amide bonds. The molecule has 0 radical (unpaired) electrons. The zero-order valence-corrected chi connectivity index (χ0v) is 13.4. The van der Waals surface area contributed by atoms with Gasteiger partial charge in [0.15, 0.2) is 17.4 Å². The summed E-state index contributed by atoms with van der Waals surface area (Å²) >= 11 is 11.1. The van der Waals surface area contributed by atoms with Crippen molar-refractivity contribution in [1.82, 2.24) is 0 Å². The first-order valence-corrected chi connectivity index (χ1v) is 7.99. The summed E-state index contributed by atoms with van der Waals surface area (Å²) in [6.07, 6.45) is 0. The normalized spacial score (nSPS) is 11.3. The standard InChI is InChI=1S/C13H9Cl2F2NO3S/c1-21-12-3-2-7(4-11(12)16)18-22(19,20)8-5-9(14)13(17)10(15)6-8/h2-6,18H,1H3. The van der Waals surface area contributed by atoms with Crippen LogP contribution < -0.4 is 9.46 Å². The lowest BCUT2D eigenvalue weighted by atomic mass is 10.3. The van der Waals surface area contributed by atoms with Gasteiger partial charge in [0.25, 0.3) is 10.0 Å². The molecular formula is C13H9Cl2F2NO3S. The highest BCUT2D eigenvalue weighted by Crippen LogP contribution is 2.28. The molecule has 2 rings (SSSR count). The van der Waals surface area contributed by atoms with E-state index in [1.807, 2.05) is 0 Å². The zero-order valence-electron chi connectivity index (χ0n) is 11.0. The Labute approximate surface area is 135 Å². The molecule has 2 aromatic rings. The highest BCUT2D eigenvalue weighted by Gasteiger charge is 2.19. The molecule has 4 nitrogen and oxygen atoms in total. The molecule has 0 aliphatic heterocycles. The smallest absolute Gasteiger partial charge is 0.262 e. The molecule has 0 saturated heterocycles. The van der Waals surface area contributed by atoms with Crippen LogP contribution in [0.3, 0.4) is 0 Å². The van der Waals surface area contributed by atoms with Gasteiger partial charge in [0, 0.05) is 6.07 Å². The van der Waals surface area contributed by atoms with E-state index < -0.39 is 31.7 Å². The Morgan fingerprint density at radius 3 is 2.18 bits per heavy atom. The van der Waals surface area contributed by atoms with Gasteiger partial charge < -0.3 is 4.74 Å². The van der Waals surface area contributed by atoms with Crippen LogP contribution in [0, 0.1) is 11.6 Å². The van der Waals surface area contributed by atoms with E-state index in [0.717, 1.165) is 18.2 Å². The van der Waals surface area contributed by atoms with Gasteiger partial charge in [-0.05, 0) is 24.3 Å². The van der Waals surface area contributed by atoms with Gasteiger partial charge in [0.1, 0.15) is 0 Å². The summed E-state index contributed by atoms with van der Waals surface area (Å²) < 4.78 is 58.1. The first-order valence-electron chi connectivity index (χ1n) is 5.75. The Balaban J connectivity index is 2.38. The topological polar surface area (TPSA) is 55.4 Å². The molecule has 0 aromatic heterocycles. The van der Waals surface area contributed by atoms with Crippen LogP contribution in [0.1, 0.15) is 0 Å². The Kier molecular flexibility index (Phi) is 4.79. The molecule has 0 heterocycles. The van der Waals surface area contributed by atoms with E-state index in [-0.39, 0.29) is 16.3 Å². The Bertz CT molecular complexity index is 805. The Morgan fingerprint density at radius 2 is 1.68 bits per heavy atom. The number of hydrogen-bond acceptors (Lipinski definition) is 3. The van der Waals surface area contributed by atoms with E-state index in [1.54, 1.807) is 0 Å². The molecule has 0 aliphatic rings. The lowest BCUT2D eigenvalue weighted by molar-refractivity contribution is 0.386. The minimum atomic E-state index is -4.10. The highest BCUT2D eigenvalue weighted by molar-refractivity contribution is 7.92. The van der Waals surface area contributed by atoms with E-state index in [9.17, 15) is 17.2 Å². The summed E-state index contributed by atoms with van der Waals surface area (Å²) in [5, 5.41) is -0.873. The molecule has 0 spiro atoms. The van der Waals surface area contributed by atoms with Gasteiger partial charge in [-0.3, -0.25) is 4.72 Å². The minimum Gasteiger partial charge on any atom is -0.494 e. The van der Waals surface area contributed by atoms with E-state index in [1.165, 1.54) is 19.2 Å². The van der Waals surface area contributed by atoms with E-state index in [4.69, 9.17) is 27.9 Å². The SMILES string of the molecule is COc1ccc(NS(=O)(=O)c2cc(Cl)c(F)c(Cl)c2)cc1F. The van der Waals surface area contributed by atoms with Crippen molar-refractivity contribution in [1.29, 1.82) is 0 Å². The summed E-state index contributed by atoms with van der Waals surface area (Å²) in [5.41, 5.74) is -0.0325. The second-order valence-electron chi connectivity index (χ2n) is 4.16. The molecule has 0 saturated carbocycles. The molecule has 2 aromatic carbocycles. The highest BCUT2D eigenvalue weighted by atomic mass is 35.5. The molecular weight excluding hydrogens is 359 g/mol. The maximum Gasteiger partial charge on any atom is 0.262 e. The van der Waals surface area contributed by atoms with Crippen LogP contribution in [-0.2, 0) is 10.0 Å². The summed E-state index contributed by atoms with van der Waals surface area (Å²) in [5.74, 6) is -1.69. The molecule has 0 bridgehead atoms. The van der Waals surface area contributed by atoms with Gasteiger partial charge in [-0.1, -0.05) is 23.2 Å². The third-order valence-corrected chi connectivity index (χ3v) is 4.58. The molecule has 9 heteroatoms. The molecule has 0 atom stereocenters. The number of methoxy groups -OCH3 is 1. The van der Waals surface area contributed by atoms with Crippen LogP contribution in [0.2, 0.25) is 10.0 Å². The number of sulfonamides is 1. The number of benzene rings is 2. The second kappa shape index (κ2) is 6.28. The predicted molar refractivity (Wildman–Crippen MR) is 80.2 cm³/mol. The fraction of sp³-hybridized carbons (Fsp3) is 0.0769. The largest absolute Gasteiger partial charge is 0.494 e. The average Bonchev–Trinajstić information content (AvgIpc) is 2.44. The fourth-order valence-electron chi connectivity index (χ4n) is 1.63. The average molecular weight is 368 g/mol. The maximum atomic E-state index is 13.6. The molecule has 118 valence electrons. The van der Waals surface area contributed by atoms with Crippen LogP contribution in [0.15, 0.2) is 35.2 Å². The van der Waals surface area contributed by atoms with Crippen molar-refractivity contribution in [3.63, 3.8) is 0 Å². The summed E-state index contributed by atoms with van der Waals surface area (Å²) in [7, 11) is -2.82. The van der Waals surface area contributed by atoms with E-state index in [2.05, 4.69) is 4.72 Å². The summed E-state index contributed by atoms with van der Waals surface area (Å²) in [4.78, 5) is -0.347. The van der Waals surface area contributed by atoms with Crippen LogP contribution in [0.25, 0.3) is 0 Å². The van der Waals surface area contributed by atoms with Gasteiger partial charge in [0.05, 0.1) is 27.7 Å². The summed E-state index contributed by atoms with van der Waals surface area (Å²) in [6, 6.07) is 5.34. The fourth-order valence-corrected chi connectivity index (χ4v) is 3.35. The Hall–Kier alpha value is -1.57. The number of rotatable bonds is 4. The number of anilines is 1. The molecule has 22 heavy (non-hydrogen) atoms. The number of halogens is 4. The van der Waals surface area contributed by atoms with Crippen LogP contribution in [-0.4, -0.2) is 15.5 Å². The van der Waals surface area contributed by atoms with Gasteiger partial charge in [0.2, 0.25) is 0 Å². The monoisotopic (exact) mass is 367 g/mol. The van der Waals surface area contributed by atoms with Crippen molar-refractivity contribution in [2.75, 3.05) is 11.8 Å². The van der Waals surface area contributed by atoms with Gasteiger partial charge in [-0.25, -0.2) is 17.2 Å². The molecule has 0 fully saturated rings. The molecule has 0 unspecified atom stereocenters. The predicted octanol–water partition coefficient (Wildman–Crippen LogP) is 4.08. The molecule has 0 aliphatic carbocycles. The first kappa shape index (κ1) is 16.8. The lowest BCUT2D eigenvalue weighted by Gasteiger charge is -2.10. The van der Waals surface area contributed by atoms with E-state index in [0.29, 0.717) is 0 Å². The van der Waals surface area contributed by atoms with Crippen LogP contribution in [0.5, 0.6) is 5.75 Å². The number of ether oxygens (including phenoxy) is 1. The van der Waals surface area contributed by atoms with Crippen molar-refractivity contribution < 1.29 is 21.9 Å². The third-order valence-electron chi connectivity index (χ3n) is 2.67. The maximum absolute atomic E-state index is 13.6. The van der Waals surface area contributed by atoms with Crippen molar-refractivity contribution in [2.45, 2.75) is 4.90 Å². The number of nitrogens with one attached hydrogen (secondary N) is 1. The number of hydrogen-bond donors (Lipinski definition) is 1. The van der Waals surface area contributed by atoms with Crippen LogP contribution >= 0.6 is 23.2 Å². The zero-order chi connectivity index (χ0) is 16.5.